The molecule has 1 aromatic carbocycles. The Morgan fingerprint density at radius 3 is 2.33 bits per heavy atom. The van der Waals surface area contributed by atoms with Gasteiger partial charge in [-0.15, -0.1) is 0 Å². The molecular formula is C17H23N3O4. The number of hydrogen-bond acceptors (Lipinski definition) is 5. The summed E-state index contributed by atoms with van der Waals surface area (Å²) in [4.78, 5) is 12.7. The zero-order valence-corrected chi connectivity index (χ0v) is 14.8. The van der Waals surface area contributed by atoms with Crippen LogP contribution in [0.5, 0.6) is 17.2 Å². The number of nitrogens with one attached hydrogen (secondary N) is 1. The molecule has 0 spiro atoms. The predicted octanol–water partition coefficient (Wildman–Crippen LogP) is 2.25. The van der Waals surface area contributed by atoms with Crippen molar-refractivity contribution in [2.45, 2.75) is 19.9 Å². The van der Waals surface area contributed by atoms with Gasteiger partial charge in [0.1, 0.15) is 0 Å². The van der Waals surface area contributed by atoms with E-state index in [2.05, 4.69) is 10.4 Å². The second-order valence-electron chi connectivity index (χ2n) is 5.39. The van der Waals surface area contributed by atoms with E-state index in [1.165, 1.54) is 21.3 Å². The van der Waals surface area contributed by atoms with E-state index in [9.17, 15) is 4.79 Å². The molecule has 1 aromatic heterocycles. The molecule has 0 saturated carbocycles. The number of benzene rings is 1. The number of rotatable bonds is 6. The lowest BCUT2D eigenvalue weighted by atomic mass is 10.1. The van der Waals surface area contributed by atoms with Gasteiger partial charge in [0, 0.05) is 18.3 Å². The molecule has 1 atom stereocenters. The fourth-order valence-corrected chi connectivity index (χ4v) is 2.57. The molecule has 0 bridgehead atoms. The van der Waals surface area contributed by atoms with Gasteiger partial charge in [0.15, 0.2) is 11.5 Å². The molecule has 2 rings (SSSR count). The zero-order chi connectivity index (χ0) is 17.9. The van der Waals surface area contributed by atoms with E-state index >= 15 is 0 Å². The Balaban J connectivity index is 2.31. The van der Waals surface area contributed by atoms with E-state index in [4.69, 9.17) is 14.2 Å². The van der Waals surface area contributed by atoms with Gasteiger partial charge in [0.2, 0.25) is 5.75 Å². The highest BCUT2D eigenvalue weighted by Gasteiger charge is 2.22. The monoisotopic (exact) mass is 333 g/mol. The largest absolute Gasteiger partial charge is 0.493 e. The van der Waals surface area contributed by atoms with Crippen LogP contribution in [0.25, 0.3) is 0 Å². The number of aryl methyl sites for hydroxylation is 1. The Morgan fingerprint density at radius 1 is 1.17 bits per heavy atom. The molecule has 1 N–H and O–H groups in total. The molecule has 24 heavy (non-hydrogen) atoms. The van der Waals surface area contributed by atoms with Crippen LogP contribution in [0.15, 0.2) is 18.3 Å². The lowest BCUT2D eigenvalue weighted by Gasteiger charge is -2.18. The van der Waals surface area contributed by atoms with Crippen LogP contribution in [-0.4, -0.2) is 37.0 Å². The van der Waals surface area contributed by atoms with Gasteiger partial charge < -0.3 is 19.5 Å². The number of methoxy groups -OCH3 is 3. The SMILES string of the molecule is COc1ccc(C(=O)NC(C)c2cnn(C)c2C)c(OC)c1OC. The number of nitrogens with zero attached hydrogens (tertiary/aromatic N) is 2. The number of carbonyl (C=O) groups excluding carboxylic acids is 1. The molecule has 0 radical (unpaired) electrons. The van der Waals surface area contributed by atoms with E-state index in [1.807, 2.05) is 20.9 Å². The molecule has 130 valence electrons. The first-order chi connectivity index (χ1) is 11.4. The van der Waals surface area contributed by atoms with E-state index < -0.39 is 0 Å². The van der Waals surface area contributed by atoms with Crippen molar-refractivity contribution in [1.29, 1.82) is 0 Å². The Labute approximate surface area is 141 Å². The highest BCUT2D eigenvalue weighted by atomic mass is 16.5. The summed E-state index contributed by atoms with van der Waals surface area (Å²) < 4.78 is 17.7. The van der Waals surface area contributed by atoms with E-state index in [-0.39, 0.29) is 11.9 Å². The lowest BCUT2D eigenvalue weighted by Crippen LogP contribution is -2.27. The number of aromatic nitrogens is 2. The summed E-state index contributed by atoms with van der Waals surface area (Å²) in [5, 5.41) is 7.17. The van der Waals surface area contributed by atoms with Crippen molar-refractivity contribution in [3.05, 3.63) is 35.2 Å². The maximum Gasteiger partial charge on any atom is 0.255 e. The minimum atomic E-state index is -0.261. The van der Waals surface area contributed by atoms with E-state index in [1.54, 1.807) is 23.0 Å². The Morgan fingerprint density at radius 2 is 1.83 bits per heavy atom. The van der Waals surface area contributed by atoms with Crippen LogP contribution in [-0.2, 0) is 7.05 Å². The van der Waals surface area contributed by atoms with Gasteiger partial charge in [0.25, 0.3) is 5.91 Å². The third kappa shape index (κ3) is 3.15. The van der Waals surface area contributed by atoms with Gasteiger partial charge in [-0.25, -0.2) is 0 Å². The van der Waals surface area contributed by atoms with Crippen LogP contribution in [0, 0.1) is 6.92 Å². The maximum atomic E-state index is 12.7. The van der Waals surface area contributed by atoms with Crippen LogP contribution in [0.2, 0.25) is 0 Å². The van der Waals surface area contributed by atoms with E-state index in [0.29, 0.717) is 22.8 Å². The van der Waals surface area contributed by atoms with Crippen molar-refractivity contribution >= 4 is 5.91 Å². The van der Waals surface area contributed by atoms with Crippen LogP contribution < -0.4 is 19.5 Å². The second kappa shape index (κ2) is 7.25. The standard InChI is InChI=1S/C17H23N3O4/c1-10(13-9-18-20(3)11(13)2)19-17(21)12-7-8-14(22-4)16(24-6)15(12)23-5/h7-10H,1-6H3,(H,19,21). The summed E-state index contributed by atoms with van der Waals surface area (Å²) in [6.45, 7) is 3.87. The van der Waals surface area contributed by atoms with Gasteiger partial charge in [0.05, 0.1) is 39.1 Å². The molecule has 1 unspecified atom stereocenters. The number of hydrogen-bond donors (Lipinski definition) is 1. The maximum absolute atomic E-state index is 12.7. The molecule has 7 nitrogen and oxygen atoms in total. The normalized spacial score (nSPS) is 11.8. The fourth-order valence-electron chi connectivity index (χ4n) is 2.57. The molecule has 1 heterocycles. The lowest BCUT2D eigenvalue weighted by molar-refractivity contribution is 0.0936. The first kappa shape index (κ1) is 17.7. The molecule has 0 aliphatic heterocycles. The van der Waals surface area contributed by atoms with Crippen molar-refractivity contribution in [1.82, 2.24) is 15.1 Å². The van der Waals surface area contributed by atoms with Gasteiger partial charge in [-0.1, -0.05) is 0 Å². The minimum absolute atomic E-state index is 0.191. The molecule has 0 aliphatic rings. The minimum Gasteiger partial charge on any atom is -0.493 e. The van der Waals surface area contributed by atoms with Gasteiger partial charge >= 0.3 is 0 Å². The smallest absolute Gasteiger partial charge is 0.255 e. The Kier molecular flexibility index (Phi) is 5.33. The number of carbonyl (C=O) groups is 1. The van der Waals surface area contributed by atoms with E-state index in [0.717, 1.165) is 11.3 Å². The van der Waals surface area contributed by atoms with Crippen LogP contribution in [0.4, 0.5) is 0 Å². The third-order valence-electron chi connectivity index (χ3n) is 4.04. The number of amides is 1. The van der Waals surface area contributed by atoms with Crippen molar-refractivity contribution in [2.24, 2.45) is 7.05 Å². The molecule has 7 heteroatoms. The topological polar surface area (TPSA) is 74.6 Å². The average Bonchev–Trinajstić information content (AvgIpc) is 2.92. The van der Waals surface area contributed by atoms with Gasteiger partial charge in [-0.2, -0.15) is 5.10 Å². The van der Waals surface area contributed by atoms with Crippen molar-refractivity contribution in [3.8, 4) is 17.2 Å². The first-order valence-corrected chi connectivity index (χ1v) is 7.52. The van der Waals surface area contributed by atoms with Gasteiger partial charge in [-0.05, 0) is 26.0 Å². The summed E-state index contributed by atoms with van der Waals surface area (Å²) in [5.41, 5.74) is 2.34. The van der Waals surface area contributed by atoms with Crippen LogP contribution >= 0.6 is 0 Å². The van der Waals surface area contributed by atoms with Gasteiger partial charge in [-0.3, -0.25) is 9.48 Å². The van der Waals surface area contributed by atoms with Crippen LogP contribution in [0.1, 0.15) is 34.6 Å². The van der Waals surface area contributed by atoms with Crippen molar-refractivity contribution < 1.29 is 19.0 Å². The highest BCUT2D eigenvalue weighted by Crippen LogP contribution is 2.39. The molecule has 0 saturated heterocycles. The summed E-state index contributed by atoms with van der Waals surface area (Å²) >= 11 is 0. The summed E-state index contributed by atoms with van der Waals surface area (Å²) in [7, 11) is 6.39. The first-order valence-electron chi connectivity index (χ1n) is 7.52. The average molecular weight is 333 g/mol. The molecule has 2 aromatic rings. The summed E-state index contributed by atoms with van der Waals surface area (Å²) in [5.74, 6) is 0.966. The highest BCUT2D eigenvalue weighted by molar-refractivity contribution is 5.98. The quantitative estimate of drug-likeness (QED) is 0.877. The van der Waals surface area contributed by atoms with Crippen LogP contribution in [0.3, 0.4) is 0 Å². The third-order valence-corrected chi connectivity index (χ3v) is 4.04. The zero-order valence-electron chi connectivity index (χ0n) is 14.8. The fraction of sp³-hybridized carbons (Fsp3) is 0.412. The predicted molar refractivity (Wildman–Crippen MR) is 89.9 cm³/mol. The Bertz CT molecular complexity index is 740. The molecular weight excluding hydrogens is 310 g/mol. The second-order valence-corrected chi connectivity index (χ2v) is 5.39. The van der Waals surface area contributed by atoms with Crippen molar-refractivity contribution in [2.75, 3.05) is 21.3 Å². The Hall–Kier alpha value is -2.70. The summed E-state index contributed by atoms with van der Waals surface area (Å²) in [6, 6.07) is 3.14. The number of ether oxygens (including phenoxy) is 3. The summed E-state index contributed by atoms with van der Waals surface area (Å²) in [6.07, 6.45) is 1.76. The molecule has 0 fully saturated rings. The molecule has 1 amide bonds. The molecule has 0 aliphatic carbocycles. The van der Waals surface area contributed by atoms with Crippen molar-refractivity contribution in [3.63, 3.8) is 0 Å².